The molecule has 0 saturated heterocycles. The Morgan fingerprint density at radius 2 is 1.67 bits per heavy atom. The molecule has 2 aromatic carbocycles. The van der Waals surface area contributed by atoms with E-state index in [2.05, 4.69) is 4.74 Å². The van der Waals surface area contributed by atoms with Crippen LogP contribution in [0.25, 0.3) is 0 Å². The highest BCUT2D eigenvalue weighted by molar-refractivity contribution is 6.31. The molecular formula is C14H10ClF4NO. The Balaban J connectivity index is 2.24. The van der Waals surface area contributed by atoms with Crippen molar-refractivity contribution >= 4 is 11.6 Å². The van der Waals surface area contributed by atoms with Gasteiger partial charge in [-0.25, -0.2) is 4.39 Å². The summed E-state index contributed by atoms with van der Waals surface area (Å²) in [7, 11) is 0. The molecule has 0 bridgehead atoms. The first kappa shape index (κ1) is 15.6. The maximum Gasteiger partial charge on any atom is 0.573 e. The van der Waals surface area contributed by atoms with Crippen LogP contribution in [-0.4, -0.2) is 6.36 Å². The van der Waals surface area contributed by atoms with Crippen LogP contribution in [0, 0.1) is 5.82 Å². The zero-order valence-corrected chi connectivity index (χ0v) is 11.3. The minimum atomic E-state index is -4.75. The number of hydrogen-bond donors (Lipinski definition) is 1. The predicted molar refractivity (Wildman–Crippen MR) is 70.6 cm³/mol. The minimum absolute atomic E-state index is 0.277. The van der Waals surface area contributed by atoms with Crippen molar-refractivity contribution in [3.05, 3.63) is 64.4 Å². The molecule has 0 aliphatic carbocycles. The van der Waals surface area contributed by atoms with Crippen molar-refractivity contribution in [1.29, 1.82) is 0 Å². The normalized spacial score (nSPS) is 13.0. The summed E-state index contributed by atoms with van der Waals surface area (Å²) in [5, 5.41) is 0.277. The highest BCUT2D eigenvalue weighted by Crippen LogP contribution is 2.29. The number of benzene rings is 2. The topological polar surface area (TPSA) is 35.2 Å². The van der Waals surface area contributed by atoms with Gasteiger partial charge in [-0.15, -0.1) is 13.2 Å². The predicted octanol–water partition coefficient (Wildman–Crippen LogP) is 4.43. The quantitative estimate of drug-likeness (QED) is 0.850. The van der Waals surface area contributed by atoms with Crippen molar-refractivity contribution in [3.63, 3.8) is 0 Å². The Hall–Kier alpha value is -1.79. The number of ether oxygens (including phenoxy) is 1. The molecule has 0 heterocycles. The minimum Gasteiger partial charge on any atom is -0.406 e. The molecule has 0 aliphatic heterocycles. The molecule has 0 spiro atoms. The summed E-state index contributed by atoms with van der Waals surface area (Å²) in [6, 6.07) is 8.00. The van der Waals surface area contributed by atoms with Gasteiger partial charge in [0.05, 0.1) is 6.04 Å². The van der Waals surface area contributed by atoms with Crippen LogP contribution in [0.3, 0.4) is 0 Å². The van der Waals surface area contributed by atoms with E-state index in [1.165, 1.54) is 30.3 Å². The van der Waals surface area contributed by atoms with E-state index >= 15 is 0 Å². The Morgan fingerprint density at radius 1 is 1.05 bits per heavy atom. The first-order valence-corrected chi connectivity index (χ1v) is 6.20. The lowest BCUT2D eigenvalue weighted by molar-refractivity contribution is -0.274. The van der Waals surface area contributed by atoms with E-state index in [1.807, 2.05) is 0 Å². The third kappa shape index (κ3) is 4.09. The highest BCUT2D eigenvalue weighted by atomic mass is 35.5. The van der Waals surface area contributed by atoms with Gasteiger partial charge in [-0.1, -0.05) is 23.7 Å². The van der Waals surface area contributed by atoms with Crippen LogP contribution in [0.15, 0.2) is 42.5 Å². The fourth-order valence-corrected chi connectivity index (χ4v) is 2.04. The zero-order chi connectivity index (χ0) is 15.6. The van der Waals surface area contributed by atoms with Crippen molar-refractivity contribution in [3.8, 4) is 5.75 Å². The third-order valence-electron chi connectivity index (χ3n) is 2.77. The number of alkyl halides is 3. The van der Waals surface area contributed by atoms with E-state index in [1.54, 1.807) is 0 Å². The summed E-state index contributed by atoms with van der Waals surface area (Å²) >= 11 is 5.94. The molecule has 2 rings (SSSR count). The Bertz CT molecular complexity index is 628. The van der Waals surface area contributed by atoms with Gasteiger partial charge in [0, 0.05) is 5.02 Å². The maximum atomic E-state index is 13.2. The summed E-state index contributed by atoms with van der Waals surface area (Å²) in [5.41, 5.74) is 6.78. The van der Waals surface area contributed by atoms with Crippen LogP contribution >= 0.6 is 11.6 Å². The van der Waals surface area contributed by atoms with Gasteiger partial charge in [0.2, 0.25) is 0 Å². The van der Waals surface area contributed by atoms with Crippen molar-refractivity contribution in [1.82, 2.24) is 0 Å². The van der Waals surface area contributed by atoms with Crippen molar-refractivity contribution in [2.75, 3.05) is 0 Å². The van der Waals surface area contributed by atoms with E-state index in [9.17, 15) is 17.6 Å². The molecule has 0 unspecified atom stereocenters. The number of halogens is 5. The van der Waals surface area contributed by atoms with Crippen molar-refractivity contribution in [2.24, 2.45) is 5.73 Å². The molecule has 0 aromatic heterocycles. The first-order valence-electron chi connectivity index (χ1n) is 5.82. The molecule has 0 fully saturated rings. The van der Waals surface area contributed by atoms with Gasteiger partial charge in [-0.05, 0) is 41.5 Å². The third-order valence-corrected chi connectivity index (χ3v) is 3.11. The summed E-state index contributed by atoms with van der Waals surface area (Å²) in [4.78, 5) is 0. The van der Waals surface area contributed by atoms with Crippen LogP contribution in [-0.2, 0) is 0 Å². The first-order chi connectivity index (χ1) is 9.76. The van der Waals surface area contributed by atoms with Crippen molar-refractivity contribution < 1.29 is 22.3 Å². The van der Waals surface area contributed by atoms with Crippen LogP contribution < -0.4 is 10.5 Å². The lowest BCUT2D eigenvalue weighted by Gasteiger charge is -2.15. The molecule has 2 aromatic rings. The molecule has 7 heteroatoms. The lowest BCUT2D eigenvalue weighted by Crippen LogP contribution is -2.17. The average Bonchev–Trinajstić information content (AvgIpc) is 2.40. The summed E-state index contributed by atoms with van der Waals surface area (Å²) in [6.45, 7) is 0. The molecule has 2 nitrogen and oxygen atoms in total. The molecular weight excluding hydrogens is 310 g/mol. The number of nitrogens with two attached hydrogens (primary N) is 1. The second-order valence-electron chi connectivity index (χ2n) is 4.26. The molecule has 0 amide bonds. The van der Waals surface area contributed by atoms with Gasteiger partial charge in [0.1, 0.15) is 11.6 Å². The second kappa shape index (κ2) is 5.91. The highest BCUT2D eigenvalue weighted by Gasteiger charge is 2.31. The Morgan fingerprint density at radius 3 is 2.24 bits per heavy atom. The Kier molecular flexibility index (Phi) is 4.39. The van der Waals surface area contributed by atoms with Crippen molar-refractivity contribution in [2.45, 2.75) is 12.4 Å². The van der Waals surface area contributed by atoms with Gasteiger partial charge in [0.15, 0.2) is 0 Å². The van der Waals surface area contributed by atoms with E-state index < -0.39 is 18.2 Å². The average molecular weight is 320 g/mol. The van der Waals surface area contributed by atoms with Gasteiger partial charge < -0.3 is 10.5 Å². The van der Waals surface area contributed by atoms with Crippen LogP contribution in [0.2, 0.25) is 5.02 Å². The summed E-state index contributed by atoms with van der Waals surface area (Å²) in [5.74, 6) is -0.856. The maximum absolute atomic E-state index is 13.2. The van der Waals surface area contributed by atoms with Gasteiger partial charge in [0.25, 0.3) is 0 Å². The summed E-state index contributed by atoms with van der Waals surface area (Å²) in [6.07, 6.45) is -4.75. The standard InChI is InChI=1S/C14H10ClF4NO/c15-12-6-3-9(16)7-11(12)13(20)8-1-4-10(5-2-8)21-14(17,18)19/h1-7,13H,20H2/t13-/m0/s1. The van der Waals surface area contributed by atoms with Gasteiger partial charge in [-0.2, -0.15) is 0 Å². The molecule has 1 atom stereocenters. The number of hydrogen-bond acceptors (Lipinski definition) is 2. The smallest absolute Gasteiger partial charge is 0.406 e. The SMILES string of the molecule is N[C@@H](c1ccc(OC(F)(F)F)cc1)c1cc(F)ccc1Cl. The summed E-state index contributed by atoms with van der Waals surface area (Å²) < 4.78 is 53.1. The van der Waals surface area contributed by atoms with Gasteiger partial charge >= 0.3 is 6.36 Å². The molecule has 0 aliphatic rings. The molecule has 0 radical (unpaired) electrons. The fraction of sp³-hybridized carbons (Fsp3) is 0.143. The molecule has 0 saturated carbocycles. The van der Waals surface area contributed by atoms with Gasteiger partial charge in [-0.3, -0.25) is 0 Å². The van der Waals surface area contributed by atoms with Crippen LogP contribution in [0.5, 0.6) is 5.75 Å². The lowest BCUT2D eigenvalue weighted by atomic mass is 9.99. The van der Waals surface area contributed by atoms with E-state index in [-0.39, 0.29) is 10.8 Å². The van der Waals surface area contributed by atoms with E-state index in [0.29, 0.717) is 11.1 Å². The van der Waals surface area contributed by atoms with Crippen LogP contribution in [0.1, 0.15) is 17.2 Å². The molecule has 21 heavy (non-hydrogen) atoms. The fourth-order valence-electron chi connectivity index (χ4n) is 1.81. The largest absolute Gasteiger partial charge is 0.573 e. The Labute approximate surface area is 123 Å². The second-order valence-corrected chi connectivity index (χ2v) is 4.67. The zero-order valence-electron chi connectivity index (χ0n) is 10.5. The molecule has 2 N–H and O–H groups in total. The number of rotatable bonds is 3. The van der Waals surface area contributed by atoms with Crippen LogP contribution in [0.4, 0.5) is 17.6 Å². The molecule has 112 valence electrons. The monoisotopic (exact) mass is 319 g/mol. The van der Waals surface area contributed by atoms with E-state index in [4.69, 9.17) is 17.3 Å². The van der Waals surface area contributed by atoms with E-state index in [0.717, 1.165) is 12.1 Å².